The highest BCUT2D eigenvalue weighted by atomic mass is 127. The van der Waals surface area contributed by atoms with Gasteiger partial charge in [0.2, 0.25) is 0 Å². The Morgan fingerprint density at radius 3 is 2.55 bits per heavy atom. The van der Waals surface area contributed by atoms with Crippen LogP contribution in [0.4, 0.5) is 18.0 Å². The minimum Gasteiger partial charge on any atom is -0.471 e. The van der Waals surface area contributed by atoms with E-state index in [0.29, 0.717) is 9.13 Å². The van der Waals surface area contributed by atoms with Crippen LogP contribution in [0.2, 0.25) is 0 Å². The van der Waals surface area contributed by atoms with E-state index >= 15 is 0 Å². The number of rotatable bonds is 1. The van der Waals surface area contributed by atoms with Crippen LogP contribution in [0.15, 0.2) is 17.9 Å². The maximum atomic E-state index is 12.9. The molecule has 0 fully saturated rings. The van der Waals surface area contributed by atoms with Gasteiger partial charge in [0.25, 0.3) is 6.10 Å². The van der Waals surface area contributed by atoms with Gasteiger partial charge in [0.1, 0.15) is 5.75 Å². The Labute approximate surface area is 138 Å². The Bertz CT molecular complexity index is 598. The van der Waals surface area contributed by atoms with Crippen molar-refractivity contribution in [2.75, 3.05) is 0 Å². The highest BCUT2D eigenvalue weighted by Gasteiger charge is 2.48. The van der Waals surface area contributed by atoms with Crippen molar-refractivity contribution >= 4 is 57.4 Å². The van der Waals surface area contributed by atoms with Gasteiger partial charge in [-0.3, -0.25) is 0 Å². The lowest BCUT2D eigenvalue weighted by Crippen LogP contribution is -2.39. The molecule has 1 unspecified atom stereocenters. The summed E-state index contributed by atoms with van der Waals surface area (Å²) in [7, 11) is 0. The Balaban J connectivity index is 2.53. The van der Waals surface area contributed by atoms with Gasteiger partial charge in [-0.15, -0.1) is 0 Å². The van der Waals surface area contributed by atoms with Crippen LogP contribution in [0.3, 0.4) is 0 Å². The van der Waals surface area contributed by atoms with Crippen molar-refractivity contribution in [2.24, 2.45) is 0 Å². The molecule has 1 N–H and O–H groups in total. The number of hydrogen-bond donors (Lipinski definition) is 1. The van der Waals surface area contributed by atoms with Gasteiger partial charge < -0.3 is 14.6 Å². The molecular weight excluding hydrogens is 507 g/mol. The molecule has 1 heterocycles. The first-order valence-electron chi connectivity index (χ1n) is 5.03. The molecule has 0 bridgehead atoms. The third kappa shape index (κ3) is 3.30. The molecule has 108 valence electrons. The van der Waals surface area contributed by atoms with Crippen LogP contribution in [-0.4, -0.2) is 23.5 Å². The molecule has 9 heteroatoms. The Hall–Kier alpha value is -0.720. The van der Waals surface area contributed by atoms with E-state index in [-0.39, 0.29) is 5.75 Å². The first-order valence-corrected chi connectivity index (χ1v) is 7.19. The lowest BCUT2D eigenvalue weighted by molar-refractivity contribution is -0.191. The summed E-state index contributed by atoms with van der Waals surface area (Å²) in [6.45, 7) is 0. The minimum absolute atomic E-state index is 0.0612. The van der Waals surface area contributed by atoms with Crippen molar-refractivity contribution in [3.05, 3.63) is 30.6 Å². The van der Waals surface area contributed by atoms with Gasteiger partial charge in [0, 0.05) is 9.13 Å². The molecule has 0 aliphatic carbocycles. The second kappa shape index (κ2) is 5.58. The van der Waals surface area contributed by atoms with Crippen molar-refractivity contribution < 1.29 is 32.5 Å². The number of halogens is 5. The van der Waals surface area contributed by atoms with Crippen molar-refractivity contribution in [2.45, 2.75) is 12.3 Å². The second-order valence-corrected chi connectivity index (χ2v) is 6.17. The monoisotopic (exact) mass is 512 g/mol. The van der Waals surface area contributed by atoms with Crippen LogP contribution < -0.4 is 4.74 Å². The molecule has 0 saturated heterocycles. The van der Waals surface area contributed by atoms with E-state index < -0.39 is 24.2 Å². The SMILES string of the molecule is O=C(O)OC1=Cc2cc(I)cc(I)c2OC1C(F)(F)F. The van der Waals surface area contributed by atoms with Gasteiger partial charge in [0.05, 0.1) is 3.57 Å². The lowest BCUT2D eigenvalue weighted by Gasteiger charge is -2.28. The molecule has 0 saturated carbocycles. The molecule has 1 aliphatic rings. The predicted octanol–water partition coefficient (Wildman–Crippen LogP) is 4.25. The highest BCUT2D eigenvalue weighted by Crippen LogP contribution is 2.40. The highest BCUT2D eigenvalue weighted by molar-refractivity contribution is 14.1. The molecular formula is C11H5F3I2O4. The van der Waals surface area contributed by atoms with Gasteiger partial charge >= 0.3 is 12.3 Å². The van der Waals surface area contributed by atoms with Crippen LogP contribution in [0.1, 0.15) is 5.56 Å². The quantitative estimate of drug-likeness (QED) is 0.452. The van der Waals surface area contributed by atoms with Gasteiger partial charge in [-0.05, 0) is 63.4 Å². The number of fused-ring (bicyclic) bond motifs is 1. The van der Waals surface area contributed by atoms with Crippen molar-refractivity contribution in [3.8, 4) is 5.75 Å². The molecule has 0 amide bonds. The number of carbonyl (C=O) groups is 1. The number of alkyl halides is 3. The van der Waals surface area contributed by atoms with E-state index in [1.54, 1.807) is 12.1 Å². The fraction of sp³-hybridized carbons (Fsp3) is 0.182. The molecule has 4 nitrogen and oxygen atoms in total. The first kappa shape index (κ1) is 15.7. The van der Waals surface area contributed by atoms with E-state index in [4.69, 9.17) is 9.84 Å². The summed E-state index contributed by atoms with van der Waals surface area (Å²) in [5.41, 5.74) is 0.345. The van der Waals surface area contributed by atoms with E-state index in [1.165, 1.54) is 0 Å². The molecule has 0 spiro atoms. The molecule has 0 radical (unpaired) electrons. The molecule has 20 heavy (non-hydrogen) atoms. The third-order valence-electron chi connectivity index (χ3n) is 2.33. The summed E-state index contributed by atoms with van der Waals surface area (Å²) in [4.78, 5) is 10.5. The van der Waals surface area contributed by atoms with Crippen LogP contribution in [0.5, 0.6) is 5.75 Å². The number of carboxylic acid groups (broad SMARTS) is 1. The lowest BCUT2D eigenvalue weighted by atomic mass is 10.1. The van der Waals surface area contributed by atoms with E-state index in [2.05, 4.69) is 4.74 Å². The van der Waals surface area contributed by atoms with E-state index in [1.807, 2.05) is 45.2 Å². The fourth-order valence-electron chi connectivity index (χ4n) is 1.63. The van der Waals surface area contributed by atoms with Gasteiger partial charge in [-0.25, -0.2) is 4.79 Å². The smallest absolute Gasteiger partial charge is 0.471 e. The Morgan fingerprint density at radius 1 is 1.35 bits per heavy atom. The van der Waals surface area contributed by atoms with Gasteiger partial charge in [-0.1, -0.05) is 0 Å². The number of benzene rings is 1. The number of hydrogen-bond acceptors (Lipinski definition) is 3. The maximum Gasteiger partial charge on any atom is 0.511 e. The fourth-order valence-corrected chi connectivity index (χ4v) is 3.65. The summed E-state index contributed by atoms with van der Waals surface area (Å²) in [5, 5.41) is 8.52. The van der Waals surface area contributed by atoms with Gasteiger partial charge in [0.15, 0.2) is 5.76 Å². The molecule has 1 aromatic carbocycles. The van der Waals surface area contributed by atoms with Crippen molar-refractivity contribution in [1.82, 2.24) is 0 Å². The summed E-state index contributed by atoms with van der Waals surface area (Å²) in [6, 6.07) is 3.24. The summed E-state index contributed by atoms with van der Waals surface area (Å²) in [5.74, 6) is -0.735. The van der Waals surface area contributed by atoms with E-state index in [9.17, 15) is 18.0 Å². The Morgan fingerprint density at radius 2 is 2.00 bits per heavy atom. The van der Waals surface area contributed by atoms with Crippen LogP contribution in [0, 0.1) is 7.14 Å². The third-order valence-corrected chi connectivity index (χ3v) is 3.76. The summed E-state index contributed by atoms with van der Waals surface area (Å²) >= 11 is 3.85. The maximum absolute atomic E-state index is 12.9. The minimum atomic E-state index is -4.77. The average Bonchev–Trinajstić information content (AvgIpc) is 2.25. The zero-order valence-electron chi connectivity index (χ0n) is 9.37. The molecule has 0 aromatic heterocycles. The topological polar surface area (TPSA) is 55.8 Å². The van der Waals surface area contributed by atoms with Crippen LogP contribution >= 0.6 is 45.2 Å². The molecule has 1 aliphatic heterocycles. The van der Waals surface area contributed by atoms with Gasteiger partial charge in [-0.2, -0.15) is 13.2 Å². The first-order chi connectivity index (χ1) is 9.18. The summed E-state index contributed by atoms with van der Waals surface area (Å²) in [6.07, 6.45) is -7.99. The van der Waals surface area contributed by atoms with E-state index in [0.717, 1.165) is 9.65 Å². The van der Waals surface area contributed by atoms with Crippen molar-refractivity contribution in [3.63, 3.8) is 0 Å². The molecule has 1 aromatic rings. The largest absolute Gasteiger partial charge is 0.511 e. The zero-order chi connectivity index (χ0) is 15.1. The molecule has 2 rings (SSSR count). The number of ether oxygens (including phenoxy) is 2. The second-order valence-electron chi connectivity index (χ2n) is 3.76. The Kier molecular flexibility index (Phi) is 4.37. The standard InChI is InChI=1S/C11H5F3I2O4/c12-11(13,14)9-7(19-10(17)18)2-4-1-5(15)3-6(16)8(4)20-9/h1-3,9H,(H,17,18). The zero-order valence-corrected chi connectivity index (χ0v) is 13.7. The van der Waals surface area contributed by atoms with Crippen LogP contribution in [-0.2, 0) is 4.74 Å². The van der Waals surface area contributed by atoms with Crippen LogP contribution in [0.25, 0.3) is 6.08 Å². The van der Waals surface area contributed by atoms with Crippen molar-refractivity contribution in [1.29, 1.82) is 0 Å². The average molecular weight is 512 g/mol. The summed E-state index contributed by atoms with van der Waals surface area (Å²) < 4.78 is 49.1. The molecule has 1 atom stereocenters. The normalized spacial score (nSPS) is 17.9. The predicted molar refractivity (Wildman–Crippen MR) is 79.4 cm³/mol.